The fraction of sp³-hybridized carbons (Fsp3) is 0.294. The highest BCUT2D eigenvalue weighted by molar-refractivity contribution is 7.99. The molecule has 0 aliphatic carbocycles. The van der Waals surface area contributed by atoms with Gasteiger partial charge >= 0.3 is 5.97 Å². The molecule has 1 amide bonds. The zero-order chi connectivity index (χ0) is 16.8. The van der Waals surface area contributed by atoms with Crippen molar-refractivity contribution in [1.82, 2.24) is 9.88 Å². The predicted molar refractivity (Wildman–Crippen MR) is 92.5 cm³/mol. The standard InChI is InChI=1S/C17H20N2O3S/c1-12-10-15(17(22)18-8-9-23-11-16(20)21)13(2)19(12)14-6-4-3-5-7-14/h3-7,10H,8-9,11H2,1-2H3,(H,18,22)(H,20,21). The normalized spacial score (nSPS) is 10.5. The van der Waals surface area contributed by atoms with Gasteiger partial charge in [-0.25, -0.2) is 0 Å². The Morgan fingerprint density at radius 1 is 1.22 bits per heavy atom. The maximum atomic E-state index is 12.3. The molecule has 0 aliphatic heterocycles. The van der Waals surface area contributed by atoms with E-state index in [1.54, 1.807) is 0 Å². The monoisotopic (exact) mass is 332 g/mol. The summed E-state index contributed by atoms with van der Waals surface area (Å²) in [6.45, 7) is 4.35. The van der Waals surface area contributed by atoms with Crippen LogP contribution in [0.15, 0.2) is 36.4 Å². The van der Waals surface area contributed by atoms with Crippen LogP contribution in [-0.4, -0.2) is 39.6 Å². The van der Waals surface area contributed by atoms with Crippen LogP contribution in [0.25, 0.3) is 5.69 Å². The molecule has 122 valence electrons. The first-order valence-electron chi connectivity index (χ1n) is 7.33. The van der Waals surface area contributed by atoms with Crippen molar-refractivity contribution in [3.05, 3.63) is 53.3 Å². The summed E-state index contributed by atoms with van der Waals surface area (Å²) in [5.74, 6) is -0.336. The molecule has 23 heavy (non-hydrogen) atoms. The molecule has 0 unspecified atom stereocenters. The zero-order valence-electron chi connectivity index (χ0n) is 13.2. The van der Waals surface area contributed by atoms with Crippen molar-refractivity contribution in [1.29, 1.82) is 0 Å². The molecule has 1 heterocycles. The van der Waals surface area contributed by atoms with E-state index in [1.807, 2.05) is 54.8 Å². The SMILES string of the molecule is Cc1cc(C(=O)NCCSCC(=O)O)c(C)n1-c1ccccc1. The number of carboxylic acid groups (broad SMARTS) is 1. The average Bonchev–Trinajstić information content (AvgIpc) is 2.82. The van der Waals surface area contributed by atoms with Gasteiger partial charge in [0.15, 0.2) is 0 Å². The molecule has 1 aromatic heterocycles. The van der Waals surface area contributed by atoms with Crippen molar-refractivity contribution in [3.63, 3.8) is 0 Å². The number of aryl methyl sites for hydroxylation is 1. The fourth-order valence-corrected chi connectivity index (χ4v) is 3.02. The van der Waals surface area contributed by atoms with Crippen LogP contribution in [0.5, 0.6) is 0 Å². The van der Waals surface area contributed by atoms with Crippen molar-refractivity contribution < 1.29 is 14.7 Å². The van der Waals surface area contributed by atoms with Gasteiger partial charge in [0, 0.05) is 29.4 Å². The maximum Gasteiger partial charge on any atom is 0.313 e. The number of carbonyl (C=O) groups is 2. The molecule has 2 aromatic rings. The summed E-state index contributed by atoms with van der Waals surface area (Å²) in [5.41, 5.74) is 3.57. The van der Waals surface area contributed by atoms with E-state index >= 15 is 0 Å². The third kappa shape index (κ3) is 4.39. The second-order valence-electron chi connectivity index (χ2n) is 5.16. The van der Waals surface area contributed by atoms with Crippen LogP contribution in [0.4, 0.5) is 0 Å². The largest absolute Gasteiger partial charge is 0.481 e. The Hall–Kier alpha value is -2.21. The Bertz CT molecular complexity index is 695. The lowest BCUT2D eigenvalue weighted by atomic mass is 10.2. The number of nitrogens with zero attached hydrogens (tertiary/aromatic N) is 1. The first-order chi connectivity index (χ1) is 11.0. The number of aromatic nitrogens is 1. The van der Waals surface area contributed by atoms with Gasteiger partial charge in [0.1, 0.15) is 0 Å². The van der Waals surface area contributed by atoms with Crippen LogP contribution in [0.2, 0.25) is 0 Å². The first kappa shape index (κ1) is 17.1. The molecule has 6 heteroatoms. The molecule has 1 aromatic carbocycles. The summed E-state index contributed by atoms with van der Waals surface area (Å²) in [6.07, 6.45) is 0. The number of aliphatic carboxylic acids is 1. The molecule has 0 atom stereocenters. The van der Waals surface area contributed by atoms with E-state index in [0.717, 1.165) is 17.1 Å². The minimum atomic E-state index is -0.840. The van der Waals surface area contributed by atoms with Gasteiger partial charge in [0.25, 0.3) is 5.91 Å². The molecule has 0 bridgehead atoms. The summed E-state index contributed by atoms with van der Waals surface area (Å²) >= 11 is 1.29. The zero-order valence-corrected chi connectivity index (χ0v) is 14.0. The number of carboxylic acids is 1. The van der Waals surface area contributed by atoms with E-state index in [-0.39, 0.29) is 11.7 Å². The van der Waals surface area contributed by atoms with E-state index in [1.165, 1.54) is 11.8 Å². The second-order valence-corrected chi connectivity index (χ2v) is 6.26. The van der Waals surface area contributed by atoms with E-state index in [2.05, 4.69) is 5.32 Å². The maximum absolute atomic E-state index is 12.3. The number of nitrogens with one attached hydrogen (secondary N) is 1. The third-order valence-corrected chi connectivity index (χ3v) is 4.39. The number of para-hydroxylation sites is 1. The number of benzene rings is 1. The minimum absolute atomic E-state index is 0.0540. The van der Waals surface area contributed by atoms with Gasteiger partial charge in [0.05, 0.1) is 11.3 Å². The molecule has 0 aliphatic rings. The number of carbonyl (C=O) groups excluding carboxylic acids is 1. The van der Waals surface area contributed by atoms with Crippen LogP contribution in [0.1, 0.15) is 21.7 Å². The van der Waals surface area contributed by atoms with E-state index in [9.17, 15) is 9.59 Å². The van der Waals surface area contributed by atoms with Crippen molar-refractivity contribution in [2.75, 3.05) is 18.1 Å². The van der Waals surface area contributed by atoms with Crippen LogP contribution in [0.3, 0.4) is 0 Å². The van der Waals surface area contributed by atoms with Crippen molar-refractivity contribution in [3.8, 4) is 5.69 Å². The molecular weight excluding hydrogens is 312 g/mol. The van der Waals surface area contributed by atoms with E-state index < -0.39 is 5.97 Å². The second kappa shape index (κ2) is 7.87. The molecule has 2 N–H and O–H groups in total. The van der Waals surface area contributed by atoms with Crippen LogP contribution >= 0.6 is 11.8 Å². The quantitative estimate of drug-likeness (QED) is 0.765. The Balaban J connectivity index is 2.03. The average molecular weight is 332 g/mol. The molecular formula is C17H20N2O3S. The molecule has 0 fully saturated rings. The summed E-state index contributed by atoms with van der Waals surface area (Å²) in [6, 6.07) is 11.8. The smallest absolute Gasteiger partial charge is 0.313 e. The Kier molecular flexibility index (Phi) is 5.87. The van der Waals surface area contributed by atoms with Gasteiger partial charge in [-0.05, 0) is 32.0 Å². The first-order valence-corrected chi connectivity index (χ1v) is 8.48. The van der Waals surface area contributed by atoms with Crippen molar-refractivity contribution >= 4 is 23.6 Å². The summed E-state index contributed by atoms with van der Waals surface area (Å²) < 4.78 is 2.05. The number of hydrogen-bond acceptors (Lipinski definition) is 3. The van der Waals surface area contributed by atoms with Crippen molar-refractivity contribution in [2.45, 2.75) is 13.8 Å². The number of amides is 1. The van der Waals surface area contributed by atoms with Gasteiger partial charge < -0.3 is 15.0 Å². The number of thioether (sulfide) groups is 1. The Morgan fingerprint density at radius 2 is 1.91 bits per heavy atom. The summed E-state index contributed by atoms with van der Waals surface area (Å²) in [5, 5.41) is 11.4. The van der Waals surface area contributed by atoms with E-state index in [4.69, 9.17) is 5.11 Å². The Labute approximate surface area is 139 Å². The molecule has 2 rings (SSSR count). The lowest BCUT2D eigenvalue weighted by Crippen LogP contribution is -2.26. The van der Waals surface area contributed by atoms with Crippen LogP contribution < -0.4 is 5.32 Å². The molecule has 0 saturated carbocycles. The Morgan fingerprint density at radius 3 is 2.57 bits per heavy atom. The highest BCUT2D eigenvalue weighted by Gasteiger charge is 2.16. The predicted octanol–water partition coefficient (Wildman–Crippen LogP) is 2.64. The van der Waals surface area contributed by atoms with Gasteiger partial charge in [-0.2, -0.15) is 0 Å². The molecule has 0 radical (unpaired) electrons. The third-order valence-electron chi connectivity index (χ3n) is 3.45. The highest BCUT2D eigenvalue weighted by Crippen LogP contribution is 2.20. The number of hydrogen-bond donors (Lipinski definition) is 2. The van der Waals surface area contributed by atoms with Gasteiger partial charge in [0.2, 0.25) is 0 Å². The van der Waals surface area contributed by atoms with Crippen molar-refractivity contribution in [2.24, 2.45) is 0 Å². The lowest BCUT2D eigenvalue weighted by Gasteiger charge is -2.10. The van der Waals surface area contributed by atoms with Crippen LogP contribution in [-0.2, 0) is 4.79 Å². The highest BCUT2D eigenvalue weighted by atomic mass is 32.2. The van der Waals surface area contributed by atoms with E-state index in [0.29, 0.717) is 17.9 Å². The van der Waals surface area contributed by atoms with Gasteiger partial charge in [-0.1, -0.05) is 18.2 Å². The minimum Gasteiger partial charge on any atom is -0.481 e. The van der Waals surface area contributed by atoms with Gasteiger partial charge in [-0.3, -0.25) is 9.59 Å². The lowest BCUT2D eigenvalue weighted by molar-refractivity contribution is -0.133. The van der Waals surface area contributed by atoms with Crippen LogP contribution in [0, 0.1) is 13.8 Å². The topological polar surface area (TPSA) is 71.3 Å². The number of rotatable bonds is 7. The molecule has 5 nitrogen and oxygen atoms in total. The van der Waals surface area contributed by atoms with Gasteiger partial charge in [-0.15, -0.1) is 11.8 Å². The molecule has 0 saturated heterocycles. The summed E-state index contributed by atoms with van der Waals surface area (Å²) in [4.78, 5) is 22.7. The fourth-order valence-electron chi connectivity index (χ4n) is 2.46. The molecule has 0 spiro atoms. The summed E-state index contributed by atoms with van der Waals surface area (Å²) in [7, 11) is 0.